The number of benzene rings is 12. The van der Waals surface area contributed by atoms with Gasteiger partial charge in [-0.2, -0.15) is 5.11 Å². The molecule has 78 heavy (non-hydrogen) atoms. The summed E-state index contributed by atoms with van der Waals surface area (Å²) in [5, 5.41) is 54.6. The molecule has 0 aliphatic heterocycles. The number of hydrogen-bond acceptors (Lipinski definition) is 6. The minimum absolute atomic E-state index is 0.534. The van der Waals surface area contributed by atoms with Crippen LogP contribution in [0, 0.1) is 6.08 Å². The lowest BCUT2D eigenvalue weighted by atomic mass is 9.86. The zero-order valence-electron chi connectivity index (χ0n) is 42.8. The molecule has 1 aliphatic rings. The highest BCUT2D eigenvalue weighted by Crippen LogP contribution is 2.45. The van der Waals surface area contributed by atoms with Crippen molar-refractivity contribution in [3.05, 3.63) is 216 Å². The molecule has 0 saturated carbocycles. The zero-order valence-corrected chi connectivity index (χ0v) is 42.8. The fourth-order valence-corrected chi connectivity index (χ4v) is 13.1. The van der Waals surface area contributed by atoms with E-state index < -0.39 is 0 Å². The van der Waals surface area contributed by atoms with Crippen LogP contribution < -0.4 is 30.4 Å². The van der Waals surface area contributed by atoms with Crippen molar-refractivity contribution < 1.29 is 9.13 Å². The van der Waals surface area contributed by atoms with Gasteiger partial charge in [0.2, 0.25) is 0 Å². The van der Waals surface area contributed by atoms with Crippen LogP contribution >= 0.6 is 0 Å². The molecule has 0 atom stereocenters. The maximum atomic E-state index is 4.54. The van der Waals surface area contributed by atoms with Crippen molar-refractivity contribution in [3.8, 4) is 0 Å². The Kier molecular flexibility index (Phi) is 10.2. The predicted molar refractivity (Wildman–Crippen MR) is 318 cm³/mol. The number of fused-ring (bicyclic) bond motifs is 2. The van der Waals surface area contributed by atoms with E-state index in [1.807, 2.05) is 4.68 Å². The third-order valence-corrected chi connectivity index (χ3v) is 16.6. The second-order valence-corrected chi connectivity index (χ2v) is 21.3. The molecule has 10 heteroatoms. The van der Waals surface area contributed by atoms with Gasteiger partial charge in [0.25, 0.3) is 0 Å². The highest BCUT2D eigenvalue weighted by atomic mass is 15.4. The average Bonchev–Trinajstić information content (AvgIpc) is 4.09. The van der Waals surface area contributed by atoms with Crippen LogP contribution in [0.3, 0.4) is 0 Å². The van der Waals surface area contributed by atoms with E-state index in [4.69, 9.17) is 0 Å². The summed E-state index contributed by atoms with van der Waals surface area (Å²) in [6, 6.07) is 51.8. The Bertz CT molecular complexity index is 4920. The largest absolute Gasteiger partial charge is 0.307 e. The molecular formula is C68H51N10+3. The van der Waals surface area contributed by atoms with Gasteiger partial charge in [0.1, 0.15) is 30.6 Å². The van der Waals surface area contributed by atoms with E-state index in [0.717, 1.165) is 37.6 Å². The first-order valence-electron chi connectivity index (χ1n) is 27.0. The maximum absolute atomic E-state index is 4.54. The number of hydrogen-bond donors (Lipinski definition) is 3. The molecule has 15 aromatic rings. The van der Waals surface area contributed by atoms with Crippen molar-refractivity contribution in [3.63, 3.8) is 0 Å². The van der Waals surface area contributed by atoms with Crippen molar-refractivity contribution in [2.24, 2.45) is 10.3 Å². The summed E-state index contributed by atoms with van der Waals surface area (Å²) in [5.41, 5.74) is 8.52. The smallest absolute Gasteiger partial charge is 0.176 e. The number of allylic oxidation sites excluding steroid dienone is 1. The van der Waals surface area contributed by atoms with Crippen molar-refractivity contribution in [2.75, 3.05) is 13.1 Å². The highest BCUT2D eigenvalue weighted by molar-refractivity contribution is 6.39. The van der Waals surface area contributed by atoms with E-state index in [-0.39, 0.29) is 0 Å². The van der Waals surface area contributed by atoms with E-state index in [1.54, 1.807) is 0 Å². The molecule has 10 nitrogen and oxygen atoms in total. The van der Waals surface area contributed by atoms with Crippen LogP contribution in [-0.2, 0) is 39.3 Å². The standard InChI is InChI=1S/C68H50N10/c1-41(32-69-33-48-14-12-46-10-8-42-4-2-6-44-16-22-55(48)65(46)61(42)44)72-74-71-28-29-76-36-50-18-24-57-59-26-20-52-38-77(39-53-21-27-60(68(59)64(52)53)58-25-19-51(37-76)63(50)67(57)58)30-31-78-40-54(73-75-78)35-70-34-49-15-13-47-11-9-43-5-3-7-45-17-23-56(49)66(47)62(43)45/h3-27,36-40,69-70H,1,28-35H2/q+2/p+1. The van der Waals surface area contributed by atoms with Crippen LogP contribution in [0.5, 0.6) is 0 Å². The average molecular weight is 1010 g/mol. The Morgan fingerprint density at radius 3 is 1.71 bits per heavy atom. The number of nitrogens with one attached hydrogen (secondary N) is 3. The lowest BCUT2D eigenvalue weighted by molar-refractivity contribution is -0.695. The topological polar surface area (TPSA) is 99.3 Å². The zero-order chi connectivity index (χ0) is 51.4. The maximum Gasteiger partial charge on any atom is 0.176 e. The monoisotopic (exact) mass is 1010 g/mol. The van der Waals surface area contributed by atoms with E-state index in [1.165, 1.54) is 140 Å². The minimum atomic E-state index is 0.534. The summed E-state index contributed by atoms with van der Waals surface area (Å²) in [5.74, 6) is 0. The van der Waals surface area contributed by atoms with E-state index in [9.17, 15) is 0 Å². The normalized spacial score (nSPS) is 12.8. The molecule has 0 saturated heterocycles. The molecule has 3 aromatic heterocycles. The Labute approximate surface area is 447 Å². The summed E-state index contributed by atoms with van der Waals surface area (Å²) < 4.78 is 6.50. The van der Waals surface area contributed by atoms with Crippen LogP contribution in [0.15, 0.2) is 193 Å². The Balaban J connectivity index is 0.574. The lowest BCUT2D eigenvalue weighted by Gasteiger charge is -2.17. The molecule has 3 N–H and O–H groups in total. The molecular weight excluding hydrogens is 957 g/mol. The summed E-state index contributed by atoms with van der Waals surface area (Å²) in [6.07, 6.45) is 18.6. The van der Waals surface area contributed by atoms with Gasteiger partial charge < -0.3 is 10.6 Å². The number of aryl methyl sites for hydroxylation is 2. The van der Waals surface area contributed by atoms with Crippen molar-refractivity contribution >= 4 is 131 Å². The minimum Gasteiger partial charge on any atom is -0.307 e. The van der Waals surface area contributed by atoms with Gasteiger partial charge in [-0.1, -0.05) is 108 Å². The van der Waals surface area contributed by atoms with Crippen LogP contribution in [0.4, 0.5) is 0 Å². The lowest BCUT2D eigenvalue weighted by Crippen LogP contribution is -2.35. The van der Waals surface area contributed by atoms with Crippen LogP contribution in [-0.4, -0.2) is 28.1 Å². The van der Waals surface area contributed by atoms with Gasteiger partial charge in [-0.05, 0) is 123 Å². The third kappa shape index (κ3) is 7.22. The van der Waals surface area contributed by atoms with Crippen molar-refractivity contribution in [2.45, 2.75) is 39.3 Å². The Morgan fingerprint density at radius 2 is 1.04 bits per heavy atom. The summed E-state index contributed by atoms with van der Waals surface area (Å²) >= 11 is 0. The predicted octanol–water partition coefficient (Wildman–Crippen LogP) is 12.4. The van der Waals surface area contributed by atoms with Gasteiger partial charge in [0, 0.05) is 87.8 Å². The molecule has 12 aromatic carbocycles. The summed E-state index contributed by atoms with van der Waals surface area (Å²) in [6.45, 7) is 9.62. The number of rotatable bonds is 16. The molecule has 0 fully saturated rings. The van der Waals surface area contributed by atoms with E-state index in [0.29, 0.717) is 26.2 Å². The molecule has 0 bridgehead atoms. The van der Waals surface area contributed by atoms with Gasteiger partial charge in [-0.25, -0.2) is 13.8 Å². The molecule has 3 heterocycles. The van der Waals surface area contributed by atoms with Gasteiger partial charge in [0.15, 0.2) is 37.9 Å². The first kappa shape index (κ1) is 44.7. The first-order chi connectivity index (χ1) is 38.5. The third-order valence-electron chi connectivity index (χ3n) is 16.6. The Morgan fingerprint density at radius 1 is 0.513 bits per heavy atom. The second kappa shape index (κ2) is 17.8. The van der Waals surface area contributed by atoms with E-state index >= 15 is 0 Å². The first-order valence-corrected chi connectivity index (χ1v) is 27.0. The van der Waals surface area contributed by atoms with Crippen LogP contribution in [0.25, 0.3) is 131 Å². The summed E-state index contributed by atoms with van der Waals surface area (Å²) in [7, 11) is 0. The second-order valence-electron chi connectivity index (χ2n) is 21.3. The SMILES string of the molecule is C=C(CNCc1ccc2ccc3c4c(ccc1c24)=C[C+]=C3)NN=NCC[n+]1cc2ccc3c4ccc5c[n+](CCn6cc(CNCc7ccc8ccc9cccc%10ccc7c8c9%10)nn6)cc6ccc(c7ccc(c1)c2c37)c4c56. The van der Waals surface area contributed by atoms with Gasteiger partial charge >= 0.3 is 0 Å². The molecule has 0 unspecified atom stereocenters. The van der Waals surface area contributed by atoms with Crippen LogP contribution in [0.2, 0.25) is 0 Å². The number of pyridine rings is 2. The van der Waals surface area contributed by atoms with Gasteiger partial charge in [0.05, 0.1) is 22.7 Å². The quantitative estimate of drug-likeness (QED) is 0.0224. The highest BCUT2D eigenvalue weighted by Gasteiger charge is 2.22. The van der Waals surface area contributed by atoms with Crippen LogP contribution in [0.1, 0.15) is 22.4 Å². The van der Waals surface area contributed by atoms with Crippen molar-refractivity contribution in [1.82, 2.24) is 31.1 Å². The van der Waals surface area contributed by atoms with Gasteiger partial charge in [-0.15, -0.1) is 5.10 Å². The number of nitrogens with zero attached hydrogens (tertiary/aromatic N) is 7. The molecule has 0 radical (unpaired) electrons. The molecule has 16 rings (SSSR count). The summed E-state index contributed by atoms with van der Waals surface area (Å²) in [4.78, 5) is 0. The van der Waals surface area contributed by atoms with E-state index in [2.05, 4.69) is 241 Å². The molecule has 0 spiro atoms. The fraction of sp³-hybridized carbons (Fsp3) is 0.118. The van der Waals surface area contributed by atoms with Gasteiger partial charge in [-0.3, -0.25) is 5.43 Å². The molecule has 0 amide bonds. The molecule has 370 valence electrons. The van der Waals surface area contributed by atoms with Crippen molar-refractivity contribution in [1.29, 1.82) is 0 Å². The number of aromatic nitrogens is 5. The fourth-order valence-electron chi connectivity index (χ4n) is 13.1. The Hall–Kier alpha value is -9.57. The molecule has 1 aliphatic carbocycles.